The Labute approximate surface area is 170 Å². The Morgan fingerprint density at radius 3 is 2.31 bits per heavy atom. The highest BCUT2D eigenvalue weighted by Gasteiger charge is 2.19. The van der Waals surface area contributed by atoms with Gasteiger partial charge in [0.25, 0.3) is 0 Å². The number of benzene rings is 1. The number of nitroso groups, excluding NO2 is 2. The standard InChI is InChI=1S/C21H26N4O4/c1-3-7-16(18(4-2)24-28)14-22-20(10-12-26)21(11-13-27)23-15-17-8-5-6-9-19(17)25-29/h3-9,14-15,20-21,26-27H,1,10-13H2,2H3/b16-7-,18-4+,22-14+,23-15+. The molecule has 0 spiro atoms. The Balaban J connectivity index is 3.19. The van der Waals surface area contributed by atoms with Crippen LogP contribution in [0.3, 0.4) is 0 Å². The van der Waals surface area contributed by atoms with Crippen LogP contribution in [0.15, 0.2) is 80.7 Å². The summed E-state index contributed by atoms with van der Waals surface area (Å²) >= 11 is 0. The van der Waals surface area contributed by atoms with Gasteiger partial charge in [0.2, 0.25) is 0 Å². The predicted octanol–water partition coefficient (Wildman–Crippen LogP) is 3.86. The van der Waals surface area contributed by atoms with Gasteiger partial charge in [0, 0.05) is 36.8 Å². The molecule has 0 saturated heterocycles. The maximum absolute atomic E-state index is 11.0. The van der Waals surface area contributed by atoms with Gasteiger partial charge in [-0.15, -0.1) is 9.81 Å². The third kappa shape index (κ3) is 7.81. The van der Waals surface area contributed by atoms with Gasteiger partial charge in [-0.25, -0.2) is 0 Å². The number of allylic oxidation sites excluding steroid dienone is 4. The number of hydrogen-bond donors (Lipinski definition) is 2. The molecule has 2 unspecified atom stereocenters. The molecule has 0 fully saturated rings. The van der Waals surface area contributed by atoms with Crippen molar-refractivity contribution in [3.8, 4) is 0 Å². The second kappa shape index (κ2) is 14.0. The van der Waals surface area contributed by atoms with Crippen molar-refractivity contribution in [3.05, 3.63) is 75.7 Å². The molecule has 29 heavy (non-hydrogen) atoms. The van der Waals surface area contributed by atoms with E-state index in [9.17, 15) is 20.0 Å². The molecule has 0 saturated carbocycles. The van der Waals surface area contributed by atoms with Crippen molar-refractivity contribution >= 4 is 18.1 Å². The lowest BCUT2D eigenvalue weighted by Gasteiger charge is -2.19. The minimum absolute atomic E-state index is 0.127. The normalized spacial score (nSPS) is 14.9. The first-order chi connectivity index (χ1) is 14.1. The zero-order valence-corrected chi connectivity index (χ0v) is 16.4. The van der Waals surface area contributed by atoms with Crippen LogP contribution in [-0.2, 0) is 0 Å². The summed E-state index contributed by atoms with van der Waals surface area (Å²) in [6.07, 6.45) is 8.28. The zero-order chi connectivity index (χ0) is 21.5. The summed E-state index contributed by atoms with van der Waals surface area (Å²) in [6, 6.07) is 5.84. The van der Waals surface area contributed by atoms with Gasteiger partial charge < -0.3 is 10.2 Å². The summed E-state index contributed by atoms with van der Waals surface area (Å²) in [4.78, 5) is 30.9. The van der Waals surface area contributed by atoms with Crippen LogP contribution < -0.4 is 0 Å². The third-order valence-electron chi connectivity index (χ3n) is 4.10. The molecule has 0 heterocycles. The molecule has 154 valence electrons. The summed E-state index contributed by atoms with van der Waals surface area (Å²) in [6.45, 7) is 5.05. The smallest absolute Gasteiger partial charge is 0.116 e. The van der Waals surface area contributed by atoms with E-state index in [-0.39, 0.29) is 24.6 Å². The van der Waals surface area contributed by atoms with Crippen LogP contribution in [0.25, 0.3) is 0 Å². The number of aliphatic imine (C=N–C) groups is 2. The summed E-state index contributed by atoms with van der Waals surface area (Å²) in [7, 11) is 0. The summed E-state index contributed by atoms with van der Waals surface area (Å²) in [5, 5.41) is 24.8. The van der Waals surface area contributed by atoms with Crippen molar-refractivity contribution in [2.45, 2.75) is 31.8 Å². The highest BCUT2D eigenvalue weighted by molar-refractivity contribution is 5.87. The largest absolute Gasteiger partial charge is 0.396 e. The molecule has 0 amide bonds. The summed E-state index contributed by atoms with van der Waals surface area (Å²) < 4.78 is 0. The molecule has 8 nitrogen and oxygen atoms in total. The first kappa shape index (κ1) is 23.9. The van der Waals surface area contributed by atoms with Gasteiger partial charge in [-0.2, -0.15) is 0 Å². The second-order valence-electron chi connectivity index (χ2n) is 5.99. The topological polar surface area (TPSA) is 124 Å². The van der Waals surface area contributed by atoms with Crippen LogP contribution in [-0.4, -0.2) is 47.9 Å². The predicted molar refractivity (Wildman–Crippen MR) is 117 cm³/mol. The van der Waals surface area contributed by atoms with Gasteiger partial charge in [0.05, 0.1) is 12.1 Å². The van der Waals surface area contributed by atoms with Crippen LogP contribution in [0.2, 0.25) is 0 Å². The Hall–Kier alpha value is -3.10. The Bertz CT molecular complexity index is 800. The number of nitrogens with zero attached hydrogens (tertiary/aromatic N) is 4. The SMILES string of the molecule is C=C/C=C(/C=N/C(CCO)C(CCO)/N=C/c1ccccc1N=O)C(=C/C)\N=O. The molecule has 0 aliphatic rings. The maximum atomic E-state index is 11.0. The molecule has 0 aliphatic heterocycles. The molecule has 1 aromatic carbocycles. The zero-order valence-electron chi connectivity index (χ0n) is 16.4. The molecule has 1 rings (SSSR count). The van der Waals surface area contributed by atoms with E-state index in [0.717, 1.165) is 0 Å². The van der Waals surface area contributed by atoms with E-state index >= 15 is 0 Å². The van der Waals surface area contributed by atoms with Gasteiger partial charge in [-0.05, 0) is 36.2 Å². The molecular weight excluding hydrogens is 372 g/mol. The van der Waals surface area contributed by atoms with E-state index in [2.05, 4.69) is 26.9 Å². The molecule has 1 aromatic rings. The second-order valence-corrected chi connectivity index (χ2v) is 5.99. The van der Waals surface area contributed by atoms with E-state index in [1.165, 1.54) is 18.5 Å². The van der Waals surface area contributed by atoms with Crippen molar-refractivity contribution in [2.75, 3.05) is 13.2 Å². The number of aliphatic hydroxyl groups excluding tert-OH is 2. The number of aliphatic hydroxyl groups is 2. The first-order valence-corrected chi connectivity index (χ1v) is 9.18. The molecule has 2 atom stereocenters. The molecule has 0 radical (unpaired) electrons. The average Bonchev–Trinajstić information content (AvgIpc) is 2.75. The van der Waals surface area contributed by atoms with Crippen molar-refractivity contribution < 1.29 is 10.2 Å². The fourth-order valence-electron chi connectivity index (χ4n) is 2.62. The summed E-state index contributed by atoms with van der Waals surface area (Å²) in [5.74, 6) is 0. The van der Waals surface area contributed by atoms with Crippen LogP contribution in [0.1, 0.15) is 25.3 Å². The van der Waals surface area contributed by atoms with Gasteiger partial charge in [0.1, 0.15) is 11.4 Å². The van der Waals surface area contributed by atoms with Gasteiger partial charge in [-0.1, -0.05) is 43.0 Å². The highest BCUT2D eigenvalue weighted by atomic mass is 16.3. The molecular formula is C21H26N4O4. The van der Waals surface area contributed by atoms with Crippen LogP contribution >= 0.6 is 0 Å². The van der Waals surface area contributed by atoms with Crippen molar-refractivity contribution in [3.63, 3.8) is 0 Å². The fraction of sp³-hybridized carbons (Fsp3) is 0.333. The van der Waals surface area contributed by atoms with Crippen molar-refractivity contribution in [1.29, 1.82) is 0 Å². The Morgan fingerprint density at radius 1 is 1.10 bits per heavy atom. The average molecular weight is 398 g/mol. The maximum Gasteiger partial charge on any atom is 0.116 e. The van der Waals surface area contributed by atoms with Crippen LogP contribution in [0.4, 0.5) is 5.69 Å². The van der Waals surface area contributed by atoms with E-state index in [1.54, 1.807) is 43.3 Å². The van der Waals surface area contributed by atoms with E-state index in [0.29, 0.717) is 24.0 Å². The van der Waals surface area contributed by atoms with Gasteiger partial charge in [-0.3, -0.25) is 9.98 Å². The van der Waals surface area contributed by atoms with E-state index in [1.807, 2.05) is 0 Å². The van der Waals surface area contributed by atoms with Crippen molar-refractivity contribution in [2.24, 2.45) is 20.3 Å². The molecule has 0 bridgehead atoms. The van der Waals surface area contributed by atoms with E-state index in [4.69, 9.17) is 0 Å². The first-order valence-electron chi connectivity index (χ1n) is 9.18. The van der Waals surface area contributed by atoms with E-state index < -0.39 is 12.1 Å². The monoisotopic (exact) mass is 398 g/mol. The van der Waals surface area contributed by atoms with Crippen LogP contribution in [0.5, 0.6) is 0 Å². The quantitative estimate of drug-likeness (QED) is 0.297. The fourth-order valence-corrected chi connectivity index (χ4v) is 2.62. The Morgan fingerprint density at radius 2 is 1.76 bits per heavy atom. The van der Waals surface area contributed by atoms with Gasteiger partial charge >= 0.3 is 0 Å². The molecule has 0 aliphatic carbocycles. The van der Waals surface area contributed by atoms with Crippen molar-refractivity contribution in [1.82, 2.24) is 0 Å². The molecule has 8 heteroatoms. The lowest BCUT2D eigenvalue weighted by molar-refractivity contribution is 0.243. The minimum atomic E-state index is -0.460. The van der Waals surface area contributed by atoms with Crippen LogP contribution in [0, 0.1) is 9.81 Å². The number of hydrogen-bond acceptors (Lipinski definition) is 8. The molecule has 0 aromatic heterocycles. The van der Waals surface area contributed by atoms with Gasteiger partial charge in [0.15, 0.2) is 0 Å². The number of rotatable bonds is 13. The molecule has 2 N–H and O–H groups in total. The lowest BCUT2D eigenvalue weighted by atomic mass is 10.0. The lowest BCUT2D eigenvalue weighted by Crippen LogP contribution is -2.26. The third-order valence-corrected chi connectivity index (χ3v) is 4.10. The highest BCUT2D eigenvalue weighted by Crippen LogP contribution is 2.18. The summed E-state index contributed by atoms with van der Waals surface area (Å²) in [5.41, 5.74) is 1.49. The Kier molecular flexibility index (Phi) is 11.5. The minimum Gasteiger partial charge on any atom is -0.396 e.